The summed E-state index contributed by atoms with van der Waals surface area (Å²) >= 11 is 0. The molecule has 0 atom stereocenters. The Balaban J connectivity index is 2.68. The molecular weight excluding hydrogens is 143 g/mol. The van der Waals surface area contributed by atoms with Crippen molar-refractivity contribution in [2.45, 2.75) is 12.8 Å². The predicted molar refractivity (Wildman–Crippen MR) is 39.1 cm³/mol. The zero-order chi connectivity index (χ0) is 7.84. The minimum absolute atomic E-state index is 0.0573. The van der Waals surface area contributed by atoms with Crippen LogP contribution in [-0.2, 0) is 6.42 Å². The average molecular weight is 150 g/mol. The van der Waals surface area contributed by atoms with Crippen molar-refractivity contribution in [3.8, 4) is 0 Å². The molecule has 0 bridgehead atoms. The first kappa shape index (κ1) is 6.53. The number of rotatable bonds is 0. The van der Waals surface area contributed by atoms with Crippen molar-refractivity contribution < 1.29 is 9.18 Å². The first-order chi connectivity index (χ1) is 5.29. The van der Waals surface area contributed by atoms with E-state index in [0.717, 1.165) is 5.56 Å². The number of halogens is 1. The highest BCUT2D eigenvalue weighted by atomic mass is 19.1. The van der Waals surface area contributed by atoms with Crippen LogP contribution in [0.2, 0.25) is 0 Å². The second-order valence-electron chi connectivity index (χ2n) is 2.70. The fraction of sp³-hybridized carbons (Fsp3) is 0.222. The van der Waals surface area contributed by atoms with Crippen molar-refractivity contribution in [2.75, 3.05) is 0 Å². The van der Waals surface area contributed by atoms with Gasteiger partial charge in [-0.1, -0.05) is 12.1 Å². The minimum atomic E-state index is -0.370. The first-order valence-corrected chi connectivity index (χ1v) is 3.59. The van der Waals surface area contributed by atoms with Crippen LogP contribution in [0.1, 0.15) is 22.3 Å². The van der Waals surface area contributed by atoms with Gasteiger partial charge in [-0.2, -0.15) is 0 Å². The summed E-state index contributed by atoms with van der Waals surface area (Å²) in [5.74, 6) is -0.428. The standard InChI is InChI=1S/C9H7FO/c10-7-3-1-2-6-4-5-8(11)9(6)7/h1-3H,4-5H2. The zero-order valence-corrected chi connectivity index (χ0v) is 5.93. The van der Waals surface area contributed by atoms with Crippen LogP contribution in [0.4, 0.5) is 4.39 Å². The summed E-state index contributed by atoms with van der Waals surface area (Å²) in [6, 6.07) is 4.79. The Morgan fingerprint density at radius 1 is 1.27 bits per heavy atom. The Labute approximate surface area is 63.8 Å². The molecular formula is C9H7FO. The highest BCUT2D eigenvalue weighted by molar-refractivity contribution is 6.00. The number of fused-ring (bicyclic) bond motifs is 1. The van der Waals surface area contributed by atoms with Crippen LogP contribution >= 0.6 is 0 Å². The molecule has 2 heteroatoms. The second-order valence-corrected chi connectivity index (χ2v) is 2.70. The molecule has 0 unspecified atom stereocenters. The number of carbonyl (C=O) groups is 1. The Kier molecular flexibility index (Phi) is 1.28. The van der Waals surface area contributed by atoms with E-state index in [1.54, 1.807) is 6.07 Å². The molecule has 1 aliphatic carbocycles. The number of carbonyl (C=O) groups excluding carboxylic acids is 1. The van der Waals surface area contributed by atoms with Crippen molar-refractivity contribution >= 4 is 5.78 Å². The molecule has 0 radical (unpaired) electrons. The maximum Gasteiger partial charge on any atom is 0.166 e. The highest BCUT2D eigenvalue weighted by Crippen LogP contribution is 2.23. The van der Waals surface area contributed by atoms with Crippen LogP contribution in [0.5, 0.6) is 0 Å². The molecule has 0 saturated heterocycles. The van der Waals surface area contributed by atoms with Gasteiger partial charge in [0.1, 0.15) is 5.82 Å². The van der Waals surface area contributed by atoms with E-state index in [1.165, 1.54) is 6.07 Å². The summed E-state index contributed by atoms with van der Waals surface area (Å²) in [4.78, 5) is 11.0. The fourth-order valence-electron chi connectivity index (χ4n) is 1.46. The van der Waals surface area contributed by atoms with Crippen LogP contribution in [0.15, 0.2) is 18.2 Å². The summed E-state index contributed by atoms with van der Waals surface area (Å²) in [7, 11) is 0. The van der Waals surface area contributed by atoms with Crippen LogP contribution in [0.25, 0.3) is 0 Å². The number of Topliss-reactive ketones (excluding diaryl/α,β-unsaturated/α-hetero) is 1. The van der Waals surface area contributed by atoms with Crippen molar-refractivity contribution in [3.63, 3.8) is 0 Å². The predicted octanol–water partition coefficient (Wildman–Crippen LogP) is 1.95. The van der Waals surface area contributed by atoms with Gasteiger partial charge < -0.3 is 0 Å². The smallest absolute Gasteiger partial charge is 0.166 e. The maximum atomic E-state index is 12.9. The lowest BCUT2D eigenvalue weighted by molar-refractivity contribution is 0.0991. The molecule has 0 N–H and O–H groups in total. The van der Waals surface area contributed by atoms with Gasteiger partial charge in [0.15, 0.2) is 5.78 Å². The van der Waals surface area contributed by atoms with E-state index in [1.807, 2.05) is 6.07 Å². The Hall–Kier alpha value is -1.18. The molecule has 1 aliphatic rings. The van der Waals surface area contributed by atoms with Crippen LogP contribution in [0, 0.1) is 5.82 Å². The van der Waals surface area contributed by atoms with Gasteiger partial charge in [0, 0.05) is 6.42 Å². The monoisotopic (exact) mass is 150 g/mol. The largest absolute Gasteiger partial charge is 0.294 e. The summed E-state index contributed by atoms with van der Waals surface area (Å²) < 4.78 is 12.9. The normalized spacial score (nSPS) is 15.2. The van der Waals surface area contributed by atoms with Crippen molar-refractivity contribution in [1.29, 1.82) is 0 Å². The quantitative estimate of drug-likeness (QED) is 0.552. The summed E-state index contributed by atoms with van der Waals surface area (Å²) in [6.07, 6.45) is 1.17. The van der Waals surface area contributed by atoms with E-state index >= 15 is 0 Å². The van der Waals surface area contributed by atoms with E-state index < -0.39 is 0 Å². The molecule has 11 heavy (non-hydrogen) atoms. The lowest BCUT2D eigenvalue weighted by Crippen LogP contribution is -1.95. The maximum absolute atomic E-state index is 12.9. The van der Waals surface area contributed by atoms with Gasteiger partial charge >= 0.3 is 0 Å². The van der Waals surface area contributed by atoms with Gasteiger partial charge in [0.05, 0.1) is 5.56 Å². The molecule has 0 heterocycles. The third kappa shape index (κ3) is 0.862. The molecule has 0 saturated carbocycles. The number of ketones is 1. The lowest BCUT2D eigenvalue weighted by atomic mass is 10.1. The van der Waals surface area contributed by atoms with Crippen LogP contribution < -0.4 is 0 Å². The molecule has 1 aromatic carbocycles. The Morgan fingerprint density at radius 3 is 2.82 bits per heavy atom. The molecule has 0 aliphatic heterocycles. The van der Waals surface area contributed by atoms with Gasteiger partial charge in [-0.3, -0.25) is 4.79 Å². The van der Waals surface area contributed by atoms with Crippen molar-refractivity contribution in [2.24, 2.45) is 0 Å². The Bertz CT molecular complexity index is 317. The molecule has 0 spiro atoms. The number of hydrogen-bond donors (Lipinski definition) is 0. The zero-order valence-electron chi connectivity index (χ0n) is 5.93. The second kappa shape index (κ2) is 2.16. The van der Waals surface area contributed by atoms with E-state index in [4.69, 9.17) is 0 Å². The van der Waals surface area contributed by atoms with Gasteiger partial charge in [-0.15, -0.1) is 0 Å². The average Bonchev–Trinajstić information content (AvgIpc) is 2.34. The molecule has 56 valence electrons. The van der Waals surface area contributed by atoms with Crippen molar-refractivity contribution in [3.05, 3.63) is 35.1 Å². The molecule has 1 aromatic rings. The SMILES string of the molecule is O=C1CCc2cccc(F)c21. The lowest BCUT2D eigenvalue weighted by Gasteiger charge is -1.96. The van der Waals surface area contributed by atoms with Gasteiger partial charge in [-0.05, 0) is 18.1 Å². The number of benzene rings is 1. The Morgan fingerprint density at radius 2 is 2.09 bits per heavy atom. The summed E-state index contributed by atoms with van der Waals surface area (Å²) in [5.41, 5.74) is 1.17. The molecule has 0 amide bonds. The van der Waals surface area contributed by atoms with Gasteiger partial charge in [-0.25, -0.2) is 4.39 Å². The molecule has 0 aromatic heterocycles. The van der Waals surface area contributed by atoms with Gasteiger partial charge in [0.2, 0.25) is 0 Å². The molecule has 0 fully saturated rings. The van der Waals surface area contributed by atoms with E-state index in [-0.39, 0.29) is 11.6 Å². The topological polar surface area (TPSA) is 17.1 Å². The van der Waals surface area contributed by atoms with E-state index in [2.05, 4.69) is 0 Å². The van der Waals surface area contributed by atoms with Gasteiger partial charge in [0.25, 0.3) is 0 Å². The van der Waals surface area contributed by atoms with Crippen LogP contribution in [0.3, 0.4) is 0 Å². The van der Waals surface area contributed by atoms with Crippen molar-refractivity contribution in [1.82, 2.24) is 0 Å². The third-order valence-electron chi connectivity index (χ3n) is 2.00. The highest BCUT2D eigenvalue weighted by Gasteiger charge is 2.22. The summed E-state index contributed by atoms with van der Waals surface area (Å²) in [5, 5.41) is 0. The van der Waals surface area contributed by atoms with Crippen LogP contribution in [-0.4, -0.2) is 5.78 Å². The van der Waals surface area contributed by atoms with E-state index in [9.17, 15) is 9.18 Å². The number of aryl methyl sites for hydroxylation is 1. The molecule has 1 nitrogen and oxygen atoms in total. The van der Waals surface area contributed by atoms with E-state index in [0.29, 0.717) is 18.4 Å². The minimum Gasteiger partial charge on any atom is -0.294 e. The first-order valence-electron chi connectivity index (χ1n) is 3.59. The summed E-state index contributed by atoms with van der Waals surface area (Å²) in [6.45, 7) is 0. The molecule has 2 rings (SSSR count). The number of hydrogen-bond acceptors (Lipinski definition) is 1. The fourth-order valence-corrected chi connectivity index (χ4v) is 1.46. The third-order valence-corrected chi connectivity index (χ3v) is 2.00.